The fourth-order valence-corrected chi connectivity index (χ4v) is 2.02. The molecule has 0 spiro atoms. The predicted molar refractivity (Wildman–Crippen MR) is 105 cm³/mol. The lowest BCUT2D eigenvalue weighted by molar-refractivity contribution is -0.138. The molecule has 0 atom stereocenters. The highest BCUT2D eigenvalue weighted by Gasteiger charge is 2.18. The maximum atomic E-state index is 11.7. The molecule has 140 valence electrons. The molecule has 2 rings (SSSR count). The van der Waals surface area contributed by atoms with Crippen LogP contribution in [-0.4, -0.2) is 18.3 Å². The van der Waals surface area contributed by atoms with Crippen LogP contribution in [0.3, 0.4) is 0 Å². The molecule has 0 aliphatic rings. The molecule has 0 amide bonds. The van der Waals surface area contributed by atoms with Gasteiger partial charge >= 0.3 is 5.97 Å². The van der Waals surface area contributed by atoms with Gasteiger partial charge in [0.1, 0.15) is 28.8 Å². The Bertz CT molecular complexity index is 835. The second-order valence-corrected chi connectivity index (χ2v) is 4.94. The summed E-state index contributed by atoms with van der Waals surface area (Å²) in [5, 5.41) is 17.4. The lowest BCUT2D eigenvalue weighted by Gasteiger charge is -2.09. The van der Waals surface area contributed by atoms with Crippen molar-refractivity contribution in [1.29, 1.82) is 10.7 Å². The van der Waals surface area contributed by atoms with Gasteiger partial charge in [0, 0.05) is 5.56 Å². The first-order chi connectivity index (χ1) is 13.1. The van der Waals surface area contributed by atoms with E-state index in [1.807, 2.05) is 44.2 Å². The van der Waals surface area contributed by atoms with Crippen molar-refractivity contribution in [2.24, 2.45) is 5.73 Å². The van der Waals surface area contributed by atoms with Gasteiger partial charge in [0.25, 0.3) is 0 Å². The third-order valence-electron chi connectivity index (χ3n) is 3.25. The number of hydrogen-bond donors (Lipinski definition) is 2. The number of nitrogens with zero attached hydrogens (tertiary/aromatic N) is 1. The van der Waals surface area contributed by atoms with Crippen LogP contribution in [0.5, 0.6) is 11.5 Å². The molecular weight excluding hydrogens is 342 g/mol. The number of rotatable bonds is 6. The van der Waals surface area contributed by atoms with Crippen LogP contribution in [0.15, 0.2) is 65.9 Å². The quantitative estimate of drug-likeness (QED) is 0.345. The fraction of sp³-hybridized carbons (Fsp3) is 0.190. The first-order valence-electron chi connectivity index (χ1n) is 8.56. The molecule has 0 saturated heterocycles. The first kappa shape index (κ1) is 21.5. The summed E-state index contributed by atoms with van der Waals surface area (Å²) < 4.78 is 10.4. The van der Waals surface area contributed by atoms with Gasteiger partial charge in [0.05, 0.1) is 12.3 Å². The molecule has 0 aliphatic heterocycles. The van der Waals surface area contributed by atoms with Gasteiger partial charge in [-0.05, 0) is 43.3 Å². The lowest BCUT2D eigenvalue weighted by atomic mass is 10.0. The summed E-state index contributed by atoms with van der Waals surface area (Å²) in [7, 11) is 0. The van der Waals surface area contributed by atoms with E-state index in [4.69, 9.17) is 20.6 Å². The summed E-state index contributed by atoms with van der Waals surface area (Å²) in [5.41, 5.74) is 5.32. The maximum absolute atomic E-state index is 11.7. The molecule has 0 saturated carbocycles. The third-order valence-corrected chi connectivity index (χ3v) is 3.25. The second kappa shape index (κ2) is 11.1. The Morgan fingerprint density at radius 3 is 2.15 bits per heavy atom. The molecule has 6 nitrogen and oxygen atoms in total. The molecule has 2 aromatic rings. The molecule has 0 radical (unpaired) electrons. The summed E-state index contributed by atoms with van der Waals surface area (Å²) in [6.45, 7) is 5.77. The highest BCUT2D eigenvalue weighted by molar-refractivity contribution is 6.16. The molecule has 2 aromatic carbocycles. The number of carbonyl (C=O) groups is 1. The number of benzene rings is 2. The normalized spacial score (nSPS) is 10.4. The zero-order valence-corrected chi connectivity index (χ0v) is 15.7. The minimum Gasteiger partial charge on any atom is -0.461 e. The number of nitriles is 1. The third kappa shape index (κ3) is 6.01. The molecule has 0 unspecified atom stereocenters. The van der Waals surface area contributed by atoms with Gasteiger partial charge in [-0.2, -0.15) is 5.26 Å². The van der Waals surface area contributed by atoms with E-state index in [0.717, 1.165) is 0 Å². The van der Waals surface area contributed by atoms with Gasteiger partial charge in [0.2, 0.25) is 0 Å². The lowest BCUT2D eigenvalue weighted by Crippen LogP contribution is -2.20. The van der Waals surface area contributed by atoms with Crippen molar-refractivity contribution in [3.8, 4) is 17.6 Å². The molecule has 0 fully saturated rings. The van der Waals surface area contributed by atoms with Gasteiger partial charge in [-0.15, -0.1) is 0 Å². The van der Waals surface area contributed by atoms with E-state index < -0.39 is 5.97 Å². The van der Waals surface area contributed by atoms with Crippen molar-refractivity contribution >= 4 is 11.7 Å². The zero-order chi connectivity index (χ0) is 20.2. The van der Waals surface area contributed by atoms with Gasteiger partial charge in [0.15, 0.2) is 0 Å². The molecule has 3 N–H and O–H groups in total. The highest BCUT2D eigenvalue weighted by Crippen LogP contribution is 2.22. The highest BCUT2D eigenvalue weighted by atomic mass is 16.5. The number of allylic oxidation sites excluding steroid dienone is 1. The van der Waals surface area contributed by atoms with Crippen molar-refractivity contribution in [2.75, 3.05) is 6.61 Å². The molecule has 6 heteroatoms. The summed E-state index contributed by atoms with van der Waals surface area (Å²) in [4.78, 5) is 11.7. The van der Waals surface area contributed by atoms with E-state index in [9.17, 15) is 10.1 Å². The van der Waals surface area contributed by atoms with Gasteiger partial charge in [-0.1, -0.05) is 32.0 Å². The molecular formula is C21H23N3O3. The molecule has 0 heterocycles. The van der Waals surface area contributed by atoms with Crippen LogP contribution in [0.1, 0.15) is 26.3 Å². The number of esters is 1. The summed E-state index contributed by atoms with van der Waals surface area (Å²) >= 11 is 0. The van der Waals surface area contributed by atoms with Crippen molar-refractivity contribution < 1.29 is 14.3 Å². The van der Waals surface area contributed by atoms with Gasteiger partial charge in [-0.3, -0.25) is 5.41 Å². The van der Waals surface area contributed by atoms with E-state index in [2.05, 4.69) is 0 Å². The minimum absolute atomic E-state index is 0.136. The van der Waals surface area contributed by atoms with Gasteiger partial charge in [-0.25, -0.2) is 4.79 Å². The SMILES string of the molecule is CC.CCOC(=O)/C(N)=C(\C#N)C(=N)c1ccc(Oc2ccccc2)cc1. The Hall–Kier alpha value is -3.59. The average Bonchev–Trinajstić information content (AvgIpc) is 2.71. The summed E-state index contributed by atoms with van der Waals surface area (Å²) in [6.07, 6.45) is 0. The smallest absolute Gasteiger partial charge is 0.355 e. The van der Waals surface area contributed by atoms with Crippen LogP contribution in [-0.2, 0) is 9.53 Å². The number of nitrogens with two attached hydrogens (primary N) is 1. The number of nitrogens with one attached hydrogen (secondary N) is 1. The number of carbonyl (C=O) groups excluding carboxylic acids is 1. The van der Waals surface area contributed by atoms with Crippen LogP contribution in [0.2, 0.25) is 0 Å². The molecule has 0 aliphatic carbocycles. The Morgan fingerprint density at radius 2 is 1.63 bits per heavy atom. The van der Waals surface area contributed by atoms with E-state index in [1.54, 1.807) is 37.3 Å². The Balaban J connectivity index is 0.00000176. The first-order valence-corrected chi connectivity index (χ1v) is 8.56. The van der Waals surface area contributed by atoms with E-state index in [-0.39, 0.29) is 23.6 Å². The largest absolute Gasteiger partial charge is 0.461 e. The average molecular weight is 365 g/mol. The Kier molecular flexibility index (Phi) is 8.83. The second-order valence-electron chi connectivity index (χ2n) is 4.94. The van der Waals surface area contributed by atoms with E-state index in [1.165, 1.54) is 0 Å². The Labute approximate surface area is 159 Å². The van der Waals surface area contributed by atoms with Gasteiger partial charge < -0.3 is 15.2 Å². The minimum atomic E-state index is -0.812. The van der Waals surface area contributed by atoms with Crippen LogP contribution in [0.25, 0.3) is 0 Å². The predicted octanol–water partition coefficient (Wildman–Crippen LogP) is 4.17. The topological polar surface area (TPSA) is 109 Å². The fourth-order valence-electron chi connectivity index (χ4n) is 2.02. The monoisotopic (exact) mass is 365 g/mol. The van der Waals surface area contributed by atoms with E-state index >= 15 is 0 Å². The van der Waals surface area contributed by atoms with E-state index in [0.29, 0.717) is 17.1 Å². The van der Waals surface area contributed by atoms with Crippen LogP contribution >= 0.6 is 0 Å². The molecule has 0 aromatic heterocycles. The van der Waals surface area contributed by atoms with Crippen molar-refractivity contribution in [3.63, 3.8) is 0 Å². The Morgan fingerprint density at radius 1 is 1.07 bits per heavy atom. The molecule has 0 bridgehead atoms. The zero-order valence-electron chi connectivity index (χ0n) is 15.7. The van der Waals surface area contributed by atoms with Crippen molar-refractivity contribution in [3.05, 3.63) is 71.4 Å². The number of hydrogen-bond acceptors (Lipinski definition) is 6. The number of ether oxygens (including phenoxy) is 2. The van der Waals surface area contributed by atoms with Crippen LogP contribution < -0.4 is 10.5 Å². The van der Waals surface area contributed by atoms with Crippen molar-refractivity contribution in [2.45, 2.75) is 20.8 Å². The maximum Gasteiger partial charge on any atom is 0.355 e. The van der Waals surface area contributed by atoms with Crippen LogP contribution in [0, 0.1) is 16.7 Å². The summed E-state index contributed by atoms with van der Waals surface area (Å²) in [5.74, 6) is 0.464. The number of para-hydroxylation sites is 1. The van der Waals surface area contributed by atoms with Crippen molar-refractivity contribution in [1.82, 2.24) is 0 Å². The molecule has 27 heavy (non-hydrogen) atoms. The van der Waals surface area contributed by atoms with Crippen LogP contribution in [0.4, 0.5) is 0 Å². The standard InChI is InChI=1S/C19H17N3O3.C2H6/c1-2-24-19(23)18(22)16(12-20)17(21)13-8-10-15(11-9-13)25-14-6-4-3-5-7-14;1-2/h3-11,21H,2,22H2,1H3;1-2H3/b18-16-,21-17?;. The summed E-state index contributed by atoms with van der Waals surface area (Å²) in [6, 6.07) is 17.6.